The fraction of sp³-hybridized carbons (Fsp3) is 0.938. The number of amides is 1. The molecule has 0 aromatic carbocycles. The van der Waals surface area contributed by atoms with Gasteiger partial charge < -0.3 is 9.64 Å². The quantitative estimate of drug-likeness (QED) is 0.785. The largest absolute Gasteiger partial charge is 0.378 e. The van der Waals surface area contributed by atoms with Crippen LogP contribution in [-0.4, -0.2) is 36.6 Å². The average Bonchev–Trinajstić information content (AvgIpc) is 2.26. The van der Waals surface area contributed by atoms with Gasteiger partial charge in [0.2, 0.25) is 5.91 Å². The van der Waals surface area contributed by atoms with E-state index in [-0.39, 0.29) is 11.3 Å². The lowest BCUT2D eigenvalue weighted by Crippen LogP contribution is -2.45. The molecule has 112 valence electrons. The molecule has 0 radical (unpaired) electrons. The van der Waals surface area contributed by atoms with E-state index in [1.165, 1.54) is 0 Å². The monoisotopic (exact) mass is 269 g/mol. The number of hydrogen-bond donors (Lipinski definition) is 0. The maximum Gasteiger partial charge on any atom is 0.227 e. The Hall–Kier alpha value is -0.570. The van der Waals surface area contributed by atoms with Crippen LogP contribution in [0.15, 0.2) is 0 Å². The van der Waals surface area contributed by atoms with Crippen LogP contribution in [0.3, 0.4) is 0 Å². The highest BCUT2D eigenvalue weighted by molar-refractivity contribution is 5.81. The summed E-state index contributed by atoms with van der Waals surface area (Å²) in [5.41, 5.74) is 0.0723. The maximum atomic E-state index is 12.2. The van der Waals surface area contributed by atoms with Crippen LogP contribution in [0, 0.1) is 10.8 Å². The Kier molecular flexibility index (Phi) is 5.43. The molecule has 1 aliphatic rings. The first-order chi connectivity index (χ1) is 8.59. The van der Waals surface area contributed by atoms with Crippen molar-refractivity contribution in [1.29, 1.82) is 0 Å². The molecule has 0 N–H and O–H groups in total. The van der Waals surface area contributed by atoms with E-state index in [1.54, 1.807) is 0 Å². The number of carbonyl (C=O) groups excluding carboxylic acids is 1. The van der Waals surface area contributed by atoms with Gasteiger partial charge in [-0.05, 0) is 24.7 Å². The molecule has 19 heavy (non-hydrogen) atoms. The number of rotatable bonds is 3. The second-order valence-corrected chi connectivity index (χ2v) is 7.92. The van der Waals surface area contributed by atoms with E-state index >= 15 is 0 Å². The summed E-state index contributed by atoms with van der Waals surface area (Å²) < 4.78 is 5.93. The van der Waals surface area contributed by atoms with Crippen molar-refractivity contribution in [2.75, 3.05) is 19.7 Å². The maximum absolute atomic E-state index is 12.2. The van der Waals surface area contributed by atoms with Crippen molar-refractivity contribution in [3.05, 3.63) is 0 Å². The fourth-order valence-corrected chi connectivity index (χ4v) is 2.23. The highest BCUT2D eigenvalue weighted by Gasteiger charge is 2.30. The first-order valence-electron chi connectivity index (χ1n) is 7.50. The van der Waals surface area contributed by atoms with Crippen LogP contribution >= 0.6 is 0 Å². The fourth-order valence-electron chi connectivity index (χ4n) is 2.23. The van der Waals surface area contributed by atoms with Gasteiger partial charge in [-0.1, -0.05) is 41.5 Å². The molecule has 0 aliphatic carbocycles. The van der Waals surface area contributed by atoms with Crippen LogP contribution in [-0.2, 0) is 9.53 Å². The van der Waals surface area contributed by atoms with Crippen molar-refractivity contribution in [2.24, 2.45) is 10.8 Å². The van der Waals surface area contributed by atoms with Crippen molar-refractivity contribution < 1.29 is 9.53 Å². The van der Waals surface area contributed by atoms with Gasteiger partial charge in [0.25, 0.3) is 0 Å². The smallest absolute Gasteiger partial charge is 0.227 e. The number of hydrogen-bond acceptors (Lipinski definition) is 2. The molecule has 1 fully saturated rings. The summed E-state index contributed by atoms with van der Waals surface area (Å²) in [5, 5.41) is 0. The summed E-state index contributed by atoms with van der Waals surface area (Å²) >= 11 is 0. The minimum absolute atomic E-state index is 0.264. The lowest BCUT2D eigenvalue weighted by Gasteiger charge is -2.36. The predicted molar refractivity (Wildman–Crippen MR) is 79.1 cm³/mol. The molecule has 1 heterocycles. The Morgan fingerprint density at radius 1 is 1.11 bits per heavy atom. The summed E-state index contributed by atoms with van der Waals surface area (Å²) in [6.07, 6.45) is 3.39. The molecular formula is C16H31NO2. The van der Waals surface area contributed by atoms with Crippen LogP contribution in [0.4, 0.5) is 0 Å². The van der Waals surface area contributed by atoms with Crippen LogP contribution in [0.25, 0.3) is 0 Å². The predicted octanol–water partition coefficient (Wildman–Crippen LogP) is 3.48. The van der Waals surface area contributed by atoms with E-state index < -0.39 is 0 Å². The lowest BCUT2D eigenvalue weighted by atomic mass is 9.92. The lowest BCUT2D eigenvalue weighted by molar-refractivity contribution is -0.142. The van der Waals surface area contributed by atoms with E-state index in [9.17, 15) is 4.79 Å². The van der Waals surface area contributed by atoms with Crippen LogP contribution < -0.4 is 0 Å². The topological polar surface area (TPSA) is 29.5 Å². The standard InChI is InChI=1S/C16H31NO2/c1-15(2,3)9-12-19-13-7-10-17(11-8-13)14(18)16(4,5)6/h13H,7-12H2,1-6H3. The molecule has 0 atom stereocenters. The Bertz CT molecular complexity index is 291. The summed E-state index contributed by atoms with van der Waals surface area (Å²) in [7, 11) is 0. The van der Waals surface area contributed by atoms with E-state index in [1.807, 2.05) is 25.7 Å². The number of likely N-dealkylation sites (tertiary alicyclic amines) is 1. The molecule has 0 spiro atoms. The van der Waals surface area contributed by atoms with Crippen molar-refractivity contribution in [2.45, 2.75) is 66.9 Å². The highest BCUT2D eigenvalue weighted by atomic mass is 16.5. The van der Waals surface area contributed by atoms with E-state index in [0.29, 0.717) is 11.5 Å². The molecule has 3 nitrogen and oxygen atoms in total. The zero-order valence-electron chi connectivity index (χ0n) is 13.6. The molecule has 0 aromatic rings. The van der Waals surface area contributed by atoms with E-state index in [2.05, 4.69) is 20.8 Å². The molecule has 1 amide bonds. The minimum atomic E-state index is -0.264. The first kappa shape index (κ1) is 16.5. The zero-order chi connectivity index (χ0) is 14.7. The van der Waals surface area contributed by atoms with Crippen molar-refractivity contribution >= 4 is 5.91 Å². The Morgan fingerprint density at radius 3 is 2.05 bits per heavy atom. The minimum Gasteiger partial charge on any atom is -0.378 e. The summed E-state index contributed by atoms with van der Waals surface area (Å²) in [5.74, 6) is 0.264. The SMILES string of the molecule is CC(C)(C)CCOC1CCN(C(=O)C(C)(C)C)CC1. The molecule has 0 saturated carbocycles. The Labute approximate surface area is 118 Å². The van der Waals surface area contributed by atoms with E-state index in [0.717, 1.165) is 39.0 Å². The molecule has 1 aliphatic heterocycles. The highest BCUT2D eigenvalue weighted by Crippen LogP contribution is 2.23. The van der Waals surface area contributed by atoms with Gasteiger partial charge in [0.15, 0.2) is 0 Å². The van der Waals surface area contributed by atoms with Gasteiger partial charge in [0, 0.05) is 25.1 Å². The second-order valence-electron chi connectivity index (χ2n) is 7.92. The molecule has 1 saturated heterocycles. The van der Waals surface area contributed by atoms with Crippen LogP contribution in [0.2, 0.25) is 0 Å². The molecule has 1 rings (SSSR count). The van der Waals surface area contributed by atoms with Crippen LogP contribution in [0.1, 0.15) is 60.8 Å². The van der Waals surface area contributed by atoms with Gasteiger partial charge >= 0.3 is 0 Å². The normalized spacial score (nSPS) is 18.7. The summed E-state index contributed by atoms with van der Waals surface area (Å²) in [6, 6.07) is 0. The van der Waals surface area contributed by atoms with Gasteiger partial charge in [-0.2, -0.15) is 0 Å². The molecule has 0 aromatic heterocycles. The summed E-state index contributed by atoms with van der Waals surface area (Å²) in [6.45, 7) is 15.2. The van der Waals surface area contributed by atoms with Crippen molar-refractivity contribution in [3.63, 3.8) is 0 Å². The number of piperidine rings is 1. The van der Waals surface area contributed by atoms with E-state index in [4.69, 9.17) is 4.74 Å². The third-order valence-corrected chi connectivity index (χ3v) is 3.58. The third-order valence-electron chi connectivity index (χ3n) is 3.58. The summed E-state index contributed by atoms with van der Waals surface area (Å²) in [4.78, 5) is 14.1. The van der Waals surface area contributed by atoms with Crippen molar-refractivity contribution in [1.82, 2.24) is 4.90 Å². The second kappa shape index (κ2) is 6.25. The number of nitrogens with zero attached hydrogens (tertiary/aromatic N) is 1. The Morgan fingerprint density at radius 2 is 1.63 bits per heavy atom. The van der Waals surface area contributed by atoms with Gasteiger partial charge in [-0.25, -0.2) is 0 Å². The van der Waals surface area contributed by atoms with Gasteiger partial charge in [0.05, 0.1) is 6.10 Å². The third kappa shape index (κ3) is 5.94. The molecule has 0 unspecified atom stereocenters. The zero-order valence-corrected chi connectivity index (χ0v) is 13.6. The van der Waals surface area contributed by atoms with Gasteiger partial charge in [0.1, 0.15) is 0 Å². The molecule has 0 bridgehead atoms. The Balaban J connectivity index is 2.28. The first-order valence-corrected chi connectivity index (χ1v) is 7.50. The van der Waals surface area contributed by atoms with Gasteiger partial charge in [-0.3, -0.25) is 4.79 Å². The number of carbonyl (C=O) groups is 1. The average molecular weight is 269 g/mol. The molecule has 3 heteroatoms. The van der Waals surface area contributed by atoms with Gasteiger partial charge in [-0.15, -0.1) is 0 Å². The van der Waals surface area contributed by atoms with Crippen LogP contribution in [0.5, 0.6) is 0 Å². The van der Waals surface area contributed by atoms with Crippen molar-refractivity contribution in [3.8, 4) is 0 Å². The molecular weight excluding hydrogens is 238 g/mol. The number of ether oxygens (including phenoxy) is 1.